The van der Waals surface area contributed by atoms with Crippen molar-refractivity contribution in [3.8, 4) is 22.9 Å². The molecule has 0 aliphatic carbocycles. The van der Waals surface area contributed by atoms with Crippen LogP contribution in [0.1, 0.15) is 12.0 Å². The minimum absolute atomic E-state index is 0.448. The molecule has 0 amide bonds. The topological polar surface area (TPSA) is 96.2 Å². The van der Waals surface area contributed by atoms with Crippen LogP contribution in [-0.2, 0) is 17.9 Å². The second-order valence-corrected chi connectivity index (χ2v) is 7.91. The molecule has 3 aromatic heterocycles. The van der Waals surface area contributed by atoms with Gasteiger partial charge in [-0.15, -0.1) is 0 Å². The molecule has 1 N–H and O–H groups in total. The van der Waals surface area contributed by atoms with Gasteiger partial charge < -0.3 is 24.1 Å². The third-order valence-electron chi connectivity index (χ3n) is 5.27. The SMILES string of the molecule is C1=C/COCc2cc(cc(OCCn3ccnc3)c2)Nc2nccc(n2)-c2ccnc(c2)OCC/1. The summed E-state index contributed by atoms with van der Waals surface area (Å²) in [4.78, 5) is 17.5. The highest BCUT2D eigenvalue weighted by atomic mass is 16.5. The predicted molar refractivity (Wildman–Crippen MR) is 132 cm³/mol. The molecule has 0 fully saturated rings. The summed E-state index contributed by atoms with van der Waals surface area (Å²) < 4.78 is 19.6. The molecule has 0 saturated heterocycles. The maximum Gasteiger partial charge on any atom is 0.227 e. The van der Waals surface area contributed by atoms with E-state index in [9.17, 15) is 0 Å². The second-order valence-electron chi connectivity index (χ2n) is 7.91. The number of nitrogens with one attached hydrogen (secondary N) is 1. The van der Waals surface area contributed by atoms with E-state index in [-0.39, 0.29) is 0 Å². The van der Waals surface area contributed by atoms with Gasteiger partial charge in [-0.3, -0.25) is 0 Å². The first kappa shape index (κ1) is 22.5. The molecule has 4 aromatic rings. The fraction of sp³-hybridized carbons (Fsp3) is 0.231. The van der Waals surface area contributed by atoms with Crippen molar-refractivity contribution in [2.45, 2.75) is 19.6 Å². The van der Waals surface area contributed by atoms with Gasteiger partial charge in [0.25, 0.3) is 0 Å². The zero-order chi connectivity index (χ0) is 23.7. The average Bonchev–Trinajstić information content (AvgIpc) is 3.39. The van der Waals surface area contributed by atoms with Crippen LogP contribution in [0.4, 0.5) is 11.6 Å². The number of nitrogens with zero attached hydrogens (tertiary/aromatic N) is 5. The predicted octanol–water partition coefficient (Wildman–Crippen LogP) is 4.41. The molecule has 6 bridgehead atoms. The number of rotatable bonds is 4. The Hall–Kier alpha value is -4.24. The maximum absolute atomic E-state index is 6.04. The number of benzene rings is 1. The smallest absolute Gasteiger partial charge is 0.227 e. The van der Waals surface area contributed by atoms with Crippen LogP contribution < -0.4 is 14.8 Å². The summed E-state index contributed by atoms with van der Waals surface area (Å²) in [7, 11) is 0. The molecule has 0 atom stereocenters. The molecule has 0 unspecified atom stereocenters. The van der Waals surface area contributed by atoms with E-state index in [0.29, 0.717) is 44.8 Å². The van der Waals surface area contributed by atoms with Crippen molar-refractivity contribution < 1.29 is 14.2 Å². The Morgan fingerprint density at radius 2 is 2.00 bits per heavy atom. The molecule has 1 aromatic carbocycles. The Labute approximate surface area is 203 Å². The summed E-state index contributed by atoms with van der Waals surface area (Å²) in [6, 6.07) is 11.6. The van der Waals surface area contributed by atoms with Gasteiger partial charge in [-0.25, -0.2) is 19.9 Å². The first-order chi connectivity index (χ1) is 17.3. The van der Waals surface area contributed by atoms with E-state index in [1.165, 1.54) is 0 Å². The van der Waals surface area contributed by atoms with E-state index in [0.717, 1.165) is 34.7 Å². The second kappa shape index (κ2) is 11.3. The lowest BCUT2D eigenvalue weighted by molar-refractivity contribution is 0.148. The van der Waals surface area contributed by atoms with Gasteiger partial charge in [0.1, 0.15) is 12.4 Å². The van der Waals surface area contributed by atoms with E-state index in [4.69, 9.17) is 14.2 Å². The van der Waals surface area contributed by atoms with Crippen molar-refractivity contribution in [1.29, 1.82) is 0 Å². The molecule has 1 aliphatic heterocycles. The van der Waals surface area contributed by atoms with Gasteiger partial charge >= 0.3 is 0 Å². The Morgan fingerprint density at radius 3 is 2.94 bits per heavy atom. The quantitative estimate of drug-likeness (QED) is 0.438. The molecule has 9 heteroatoms. The van der Waals surface area contributed by atoms with Gasteiger partial charge in [0.2, 0.25) is 11.8 Å². The Morgan fingerprint density at radius 1 is 1.03 bits per heavy atom. The first-order valence-electron chi connectivity index (χ1n) is 11.5. The number of anilines is 2. The Balaban J connectivity index is 1.40. The zero-order valence-corrected chi connectivity index (χ0v) is 19.2. The largest absolute Gasteiger partial charge is 0.492 e. The van der Waals surface area contributed by atoms with Crippen molar-refractivity contribution in [3.63, 3.8) is 0 Å². The molecule has 0 saturated carbocycles. The number of hydrogen-bond acceptors (Lipinski definition) is 8. The minimum atomic E-state index is 0.448. The molecular weight excluding hydrogens is 444 g/mol. The van der Waals surface area contributed by atoms with Gasteiger partial charge in [0.15, 0.2) is 0 Å². The fourth-order valence-electron chi connectivity index (χ4n) is 3.61. The number of pyridine rings is 1. The number of hydrogen-bond donors (Lipinski definition) is 1. The average molecular weight is 471 g/mol. The van der Waals surface area contributed by atoms with Gasteiger partial charge in [-0.1, -0.05) is 12.2 Å². The normalized spacial score (nSPS) is 14.6. The molecule has 35 heavy (non-hydrogen) atoms. The molecule has 4 heterocycles. The van der Waals surface area contributed by atoms with E-state index in [1.807, 2.05) is 59.3 Å². The van der Waals surface area contributed by atoms with E-state index in [2.05, 4.69) is 25.3 Å². The Kier molecular flexibility index (Phi) is 7.25. The third-order valence-corrected chi connectivity index (χ3v) is 5.27. The van der Waals surface area contributed by atoms with Crippen molar-refractivity contribution in [2.24, 2.45) is 0 Å². The van der Waals surface area contributed by atoms with Gasteiger partial charge in [0.05, 0.1) is 38.4 Å². The lowest BCUT2D eigenvalue weighted by atomic mass is 10.2. The van der Waals surface area contributed by atoms with Crippen LogP contribution in [-0.4, -0.2) is 44.3 Å². The van der Waals surface area contributed by atoms with E-state index >= 15 is 0 Å². The maximum atomic E-state index is 6.04. The van der Waals surface area contributed by atoms with Gasteiger partial charge in [-0.2, -0.15) is 0 Å². The summed E-state index contributed by atoms with van der Waals surface area (Å²) in [5, 5.41) is 3.31. The van der Waals surface area contributed by atoms with Crippen molar-refractivity contribution in [1.82, 2.24) is 24.5 Å². The minimum Gasteiger partial charge on any atom is -0.492 e. The standard InChI is InChI=1S/C26H26N6O3/c1-2-11-33-18-20-14-22(17-23(15-20)34-13-10-32-9-8-27-19-32)30-26-29-7-5-24(31-26)21-4-6-28-25(16-21)35-12-3-1/h1-2,4-9,14-17,19H,3,10-13,18H2,(H,29,30,31)/b2-1+. The molecular formula is C26H26N6O3. The first-order valence-corrected chi connectivity index (χ1v) is 11.5. The molecule has 5 rings (SSSR count). The summed E-state index contributed by atoms with van der Waals surface area (Å²) in [5.74, 6) is 1.78. The highest BCUT2D eigenvalue weighted by Gasteiger charge is 2.08. The summed E-state index contributed by atoms with van der Waals surface area (Å²) in [6.45, 7) is 2.71. The number of ether oxygens (including phenoxy) is 3. The third kappa shape index (κ3) is 6.42. The monoisotopic (exact) mass is 470 g/mol. The fourth-order valence-corrected chi connectivity index (χ4v) is 3.61. The van der Waals surface area contributed by atoms with Crippen LogP contribution in [0.3, 0.4) is 0 Å². The van der Waals surface area contributed by atoms with Crippen molar-refractivity contribution >= 4 is 11.6 Å². The highest BCUT2D eigenvalue weighted by molar-refractivity contribution is 5.63. The van der Waals surface area contributed by atoms with Crippen LogP contribution in [0.25, 0.3) is 11.3 Å². The van der Waals surface area contributed by atoms with Gasteiger partial charge in [-0.05, 0) is 36.2 Å². The van der Waals surface area contributed by atoms with Crippen LogP contribution >= 0.6 is 0 Å². The molecule has 9 nitrogen and oxygen atoms in total. The lowest BCUT2D eigenvalue weighted by Crippen LogP contribution is -2.07. The van der Waals surface area contributed by atoms with Crippen LogP contribution in [0.5, 0.6) is 11.6 Å². The van der Waals surface area contributed by atoms with Crippen LogP contribution in [0.2, 0.25) is 0 Å². The number of fused-ring (bicyclic) bond motifs is 7. The molecule has 1 aliphatic rings. The highest BCUT2D eigenvalue weighted by Crippen LogP contribution is 2.26. The van der Waals surface area contributed by atoms with Crippen molar-refractivity contribution in [2.75, 3.05) is 25.1 Å². The Bertz CT molecular complexity index is 1280. The van der Waals surface area contributed by atoms with E-state index < -0.39 is 0 Å². The van der Waals surface area contributed by atoms with Gasteiger partial charge in [0, 0.05) is 48.2 Å². The number of aromatic nitrogens is 5. The molecule has 178 valence electrons. The van der Waals surface area contributed by atoms with Crippen LogP contribution in [0.15, 0.2) is 79.7 Å². The summed E-state index contributed by atoms with van der Waals surface area (Å²) in [6.07, 6.45) is 13.7. The number of imidazole rings is 1. The molecule has 0 spiro atoms. The summed E-state index contributed by atoms with van der Waals surface area (Å²) in [5.41, 5.74) is 3.48. The lowest BCUT2D eigenvalue weighted by Gasteiger charge is -2.13. The van der Waals surface area contributed by atoms with Crippen molar-refractivity contribution in [3.05, 3.63) is 85.2 Å². The van der Waals surface area contributed by atoms with Crippen LogP contribution in [0, 0.1) is 0 Å². The van der Waals surface area contributed by atoms with E-state index in [1.54, 1.807) is 24.9 Å². The molecule has 0 radical (unpaired) electrons. The zero-order valence-electron chi connectivity index (χ0n) is 19.2. The summed E-state index contributed by atoms with van der Waals surface area (Å²) >= 11 is 0.